The van der Waals surface area contributed by atoms with E-state index in [0.717, 1.165) is 30.4 Å². The molecule has 0 aliphatic heterocycles. The van der Waals surface area contributed by atoms with Crippen LogP contribution in [0.1, 0.15) is 37.3 Å². The number of rotatable bonds is 5. The predicted molar refractivity (Wildman–Crippen MR) is 87.2 cm³/mol. The SMILES string of the molecule is CNC(C)CCCC1(O)c2ccccc2-c2ccccc21. The van der Waals surface area contributed by atoms with Gasteiger partial charge in [0.2, 0.25) is 0 Å². The van der Waals surface area contributed by atoms with Gasteiger partial charge >= 0.3 is 0 Å². The molecule has 3 rings (SSSR count). The number of benzene rings is 2. The first-order valence-corrected chi connectivity index (χ1v) is 7.76. The van der Waals surface area contributed by atoms with Gasteiger partial charge in [-0.3, -0.25) is 0 Å². The van der Waals surface area contributed by atoms with Crippen LogP contribution in [0.3, 0.4) is 0 Å². The van der Waals surface area contributed by atoms with Gasteiger partial charge in [-0.15, -0.1) is 0 Å². The van der Waals surface area contributed by atoms with Gasteiger partial charge in [0.25, 0.3) is 0 Å². The predicted octanol–water partition coefficient (Wildman–Crippen LogP) is 3.68. The third-order valence-electron chi connectivity index (χ3n) is 4.70. The molecule has 0 saturated carbocycles. The van der Waals surface area contributed by atoms with Crippen LogP contribution in [0.4, 0.5) is 0 Å². The lowest BCUT2D eigenvalue weighted by atomic mass is 9.86. The molecule has 0 heterocycles. The second-order valence-corrected chi connectivity index (χ2v) is 6.03. The van der Waals surface area contributed by atoms with Crippen molar-refractivity contribution >= 4 is 0 Å². The van der Waals surface area contributed by atoms with Crippen molar-refractivity contribution < 1.29 is 5.11 Å². The summed E-state index contributed by atoms with van der Waals surface area (Å²) in [6.07, 6.45) is 2.84. The number of hydrogen-bond acceptors (Lipinski definition) is 2. The summed E-state index contributed by atoms with van der Waals surface area (Å²) in [6.45, 7) is 2.18. The maximum atomic E-state index is 11.4. The van der Waals surface area contributed by atoms with E-state index in [2.05, 4.69) is 36.5 Å². The van der Waals surface area contributed by atoms with Gasteiger partial charge in [0.1, 0.15) is 5.60 Å². The molecule has 1 aliphatic carbocycles. The maximum Gasteiger partial charge on any atom is 0.116 e. The molecule has 0 bridgehead atoms. The molecule has 2 aromatic carbocycles. The van der Waals surface area contributed by atoms with Gasteiger partial charge < -0.3 is 10.4 Å². The second kappa shape index (κ2) is 5.63. The zero-order valence-corrected chi connectivity index (χ0v) is 12.8. The molecule has 0 aromatic heterocycles. The summed E-state index contributed by atoms with van der Waals surface area (Å²) in [5, 5.41) is 14.6. The molecule has 2 aromatic rings. The lowest BCUT2D eigenvalue weighted by Gasteiger charge is -2.26. The van der Waals surface area contributed by atoms with Gasteiger partial charge in [-0.05, 0) is 55.5 Å². The molecule has 0 radical (unpaired) electrons. The van der Waals surface area contributed by atoms with E-state index in [1.165, 1.54) is 11.1 Å². The number of nitrogens with one attached hydrogen (secondary N) is 1. The first-order valence-electron chi connectivity index (χ1n) is 7.76. The van der Waals surface area contributed by atoms with E-state index in [-0.39, 0.29) is 0 Å². The van der Waals surface area contributed by atoms with Crippen molar-refractivity contribution in [3.8, 4) is 11.1 Å². The molecular weight excluding hydrogens is 258 g/mol. The molecule has 1 atom stereocenters. The third kappa shape index (κ3) is 2.39. The smallest absolute Gasteiger partial charge is 0.116 e. The van der Waals surface area contributed by atoms with Gasteiger partial charge in [-0.25, -0.2) is 0 Å². The van der Waals surface area contributed by atoms with Gasteiger partial charge in [0.05, 0.1) is 0 Å². The minimum Gasteiger partial charge on any atom is -0.380 e. The third-order valence-corrected chi connectivity index (χ3v) is 4.70. The maximum absolute atomic E-state index is 11.4. The molecule has 1 unspecified atom stereocenters. The summed E-state index contributed by atoms with van der Waals surface area (Å²) >= 11 is 0. The van der Waals surface area contributed by atoms with Gasteiger partial charge in [-0.1, -0.05) is 48.5 Å². The van der Waals surface area contributed by atoms with Crippen molar-refractivity contribution in [3.63, 3.8) is 0 Å². The quantitative estimate of drug-likeness (QED) is 0.876. The van der Waals surface area contributed by atoms with E-state index in [9.17, 15) is 5.11 Å². The van der Waals surface area contributed by atoms with Crippen molar-refractivity contribution in [3.05, 3.63) is 59.7 Å². The standard InChI is InChI=1S/C19H23NO/c1-14(20-2)8-7-13-19(21)17-11-5-3-9-15(17)16-10-4-6-12-18(16)19/h3-6,9-12,14,20-21H,7-8,13H2,1-2H3. The molecule has 0 spiro atoms. The molecule has 0 fully saturated rings. The topological polar surface area (TPSA) is 32.3 Å². The van der Waals surface area contributed by atoms with Crippen molar-refractivity contribution in [1.29, 1.82) is 0 Å². The van der Waals surface area contributed by atoms with Crippen molar-refractivity contribution in [2.75, 3.05) is 7.05 Å². The van der Waals surface area contributed by atoms with Crippen LogP contribution in [0.15, 0.2) is 48.5 Å². The van der Waals surface area contributed by atoms with E-state index < -0.39 is 5.60 Å². The lowest BCUT2D eigenvalue weighted by molar-refractivity contribution is 0.0721. The highest BCUT2D eigenvalue weighted by molar-refractivity contribution is 5.79. The Hall–Kier alpha value is -1.64. The minimum absolute atomic E-state index is 0.487. The zero-order valence-electron chi connectivity index (χ0n) is 12.8. The lowest BCUT2D eigenvalue weighted by Crippen LogP contribution is -2.26. The Kier molecular flexibility index (Phi) is 3.83. The van der Waals surface area contributed by atoms with Gasteiger partial charge in [-0.2, -0.15) is 0 Å². The van der Waals surface area contributed by atoms with Crippen LogP contribution in [0.2, 0.25) is 0 Å². The highest BCUT2D eigenvalue weighted by Gasteiger charge is 2.40. The molecule has 1 aliphatic rings. The van der Waals surface area contributed by atoms with E-state index in [1.807, 2.05) is 31.3 Å². The zero-order chi connectivity index (χ0) is 14.9. The van der Waals surface area contributed by atoms with Crippen molar-refractivity contribution in [1.82, 2.24) is 5.32 Å². The molecule has 21 heavy (non-hydrogen) atoms. The largest absolute Gasteiger partial charge is 0.380 e. The Morgan fingerprint density at radius 3 is 2.05 bits per heavy atom. The normalized spacial score (nSPS) is 16.3. The van der Waals surface area contributed by atoms with Crippen molar-refractivity contribution in [2.24, 2.45) is 0 Å². The van der Waals surface area contributed by atoms with Crippen LogP contribution >= 0.6 is 0 Å². The fourth-order valence-electron chi connectivity index (χ4n) is 3.38. The average molecular weight is 281 g/mol. The minimum atomic E-state index is -0.833. The highest BCUT2D eigenvalue weighted by Crippen LogP contribution is 2.49. The van der Waals surface area contributed by atoms with Gasteiger partial charge in [0, 0.05) is 6.04 Å². The van der Waals surface area contributed by atoms with Crippen molar-refractivity contribution in [2.45, 2.75) is 37.8 Å². The number of aliphatic hydroxyl groups is 1. The van der Waals surface area contributed by atoms with E-state index in [4.69, 9.17) is 0 Å². The van der Waals surface area contributed by atoms with E-state index >= 15 is 0 Å². The summed E-state index contributed by atoms with van der Waals surface area (Å²) in [7, 11) is 1.99. The Balaban J connectivity index is 1.94. The molecule has 2 nitrogen and oxygen atoms in total. The molecular formula is C19H23NO. The average Bonchev–Trinajstić information content (AvgIpc) is 2.78. The molecule has 110 valence electrons. The van der Waals surface area contributed by atoms with Gasteiger partial charge in [0.15, 0.2) is 0 Å². The van der Waals surface area contributed by atoms with Crippen LogP contribution in [-0.2, 0) is 5.60 Å². The molecule has 0 saturated heterocycles. The summed E-state index contributed by atoms with van der Waals surface area (Å²) < 4.78 is 0. The Morgan fingerprint density at radius 2 is 1.52 bits per heavy atom. The number of hydrogen-bond donors (Lipinski definition) is 2. The highest BCUT2D eigenvalue weighted by atomic mass is 16.3. The van der Waals surface area contributed by atoms with Crippen LogP contribution in [0.5, 0.6) is 0 Å². The Bertz CT molecular complexity index is 589. The second-order valence-electron chi connectivity index (χ2n) is 6.03. The first-order chi connectivity index (χ1) is 10.2. The fraction of sp³-hybridized carbons (Fsp3) is 0.368. The van der Waals surface area contributed by atoms with Crippen LogP contribution in [0.25, 0.3) is 11.1 Å². The summed E-state index contributed by atoms with van der Waals surface area (Å²) in [6, 6.07) is 17.0. The first kappa shape index (κ1) is 14.3. The molecule has 0 amide bonds. The number of fused-ring (bicyclic) bond motifs is 3. The summed E-state index contributed by atoms with van der Waals surface area (Å²) in [5.74, 6) is 0. The Morgan fingerprint density at radius 1 is 1.00 bits per heavy atom. The van der Waals surface area contributed by atoms with E-state index in [1.54, 1.807) is 0 Å². The van der Waals surface area contributed by atoms with E-state index in [0.29, 0.717) is 6.04 Å². The van der Waals surface area contributed by atoms with Crippen LogP contribution < -0.4 is 5.32 Å². The summed E-state index contributed by atoms with van der Waals surface area (Å²) in [4.78, 5) is 0. The fourth-order valence-corrected chi connectivity index (χ4v) is 3.38. The Labute approximate surface area is 126 Å². The molecule has 2 N–H and O–H groups in total. The molecule has 2 heteroatoms. The monoisotopic (exact) mass is 281 g/mol. The van der Waals surface area contributed by atoms with Crippen LogP contribution in [0, 0.1) is 0 Å². The van der Waals surface area contributed by atoms with Crippen LogP contribution in [-0.4, -0.2) is 18.2 Å². The summed E-state index contributed by atoms with van der Waals surface area (Å²) in [5.41, 5.74) is 3.64.